The van der Waals surface area contributed by atoms with Crippen molar-refractivity contribution in [2.24, 2.45) is 0 Å². The van der Waals surface area contributed by atoms with Gasteiger partial charge < -0.3 is 19.1 Å². The molecule has 4 nitrogen and oxygen atoms in total. The van der Waals surface area contributed by atoms with Gasteiger partial charge in [0.2, 0.25) is 0 Å². The van der Waals surface area contributed by atoms with E-state index in [0.29, 0.717) is 0 Å². The Balaban J connectivity index is 1.68. The molecule has 1 aromatic rings. The number of ether oxygens (including phenoxy) is 3. The summed E-state index contributed by atoms with van der Waals surface area (Å²) in [5.41, 5.74) is 1.25. The van der Waals surface area contributed by atoms with Gasteiger partial charge >= 0.3 is 0 Å². The first-order valence-corrected chi connectivity index (χ1v) is 6.98. The molecule has 0 radical (unpaired) electrons. The maximum absolute atomic E-state index is 5.81. The van der Waals surface area contributed by atoms with Gasteiger partial charge in [0.1, 0.15) is 5.75 Å². The lowest BCUT2D eigenvalue weighted by Crippen LogP contribution is -2.32. The van der Waals surface area contributed by atoms with E-state index >= 15 is 0 Å². The summed E-state index contributed by atoms with van der Waals surface area (Å²) < 4.78 is 16.8. The molecule has 0 bridgehead atoms. The van der Waals surface area contributed by atoms with E-state index in [4.69, 9.17) is 14.2 Å². The summed E-state index contributed by atoms with van der Waals surface area (Å²) >= 11 is 0. The first-order valence-electron chi connectivity index (χ1n) is 6.98. The van der Waals surface area contributed by atoms with Gasteiger partial charge in [0.05, 0.1) is 20.3 Å². The van der Waals surface area contributed by atoms with E-state index in [1.54, 1.807) is 7.11 Å². The summed E-state index contributed by atoms with van der Waals surface area (Å²) in [6.07, 6.45) is 3.05. The van der Waals surface area contributed by atoms with Crippen molar-refractivity contribution >= 4 is 5.69 Å². The van der Waals surface area contributed by atoms with Crippen molar-refractivity contribution in [2.75, 3.05) is 38.3 Å². The molecule has 0 saturated carbocycles. The largest absolute Gasteiger partial charge is 0.497 e. The van der Waals surface area contributed by atoms with Gasteiger partial charge in [0, 0.05) is 31.6 Å². The number of benzene rings is 1. The Morgan fingerprint density at radius 3 is 2.47 bits per heavy atom. The Hall–Kier alpha value is -1.26. The van der Waals surface area contributed by atoms with Crippen LogP contribution in [0.1, 0.15) is 19.3 Å². The third kappa shape index (κ3) is 2.69. The summed E-state index contributed by atoms with van der Waals surface area (Å²) in [7, 11) is 1.69. The number of nitrogens with zero attached hydrogens (tertiary/aromatic N) is 1. The van der Waals surface area contributed by atoms with Crippen molar-refractivity contribution < 1.29 is 14.2 Å². The lowest BCUT2D eigenvalue weighted by atomic mass is 10.1. The van der Waals surface area contributed by atoms with Crippen molar-refractivity contribution in [1.29, 1.82) is 0 Å². The van der Waals surface area contributed by atoms with Crippen molar-refractivity contribution in [3.8, 4) is 5.75 Å². The molecule has 19 heavy (non-hydrogen) atoms. The fourth-order valence-electron chi connectivity index (χ4n) is 2.92. The number of hydrogen-bond acceptors (Lipinski definition) is 4. The number of methoxy groups -OCH3 is 1. The average Bonchev–Trinajstić information content (AvgIpc) is 2.81. The Bertz CT molecular complexity index is 412. The summed E-state index contributed by atoms with van der Waals surface area (Å²) in [6.45, 7) is 3.51. The fraction of sp³-hybridized carbons (Fsp3) is 0.600. The van der Waals surface area contributed by atoms with E-state index in [0.717, 1.165) is 51.3 Å². The minimum Gasteiger partial charge on any atom is -0.497 e. The maximum atomic E-state index is 5.81. The molecule has 2 saturated heterocycles. The second-order valence-electron chi connectivity index (χ2n) is 5.15. The van der Waals surface area contributed by atoms with Crippen molar-refractivity contribution in [3.05, 3.63) is 24.3 Å². The Kier molecular flexibility index (Phi) is 3.62. The molecule has 0 amide bonds. The second-order valence-corrected chi connectivity index (χ2v) is 5.15. The molecule has 104 valence electrons. The van der Waals surface area contributed by atoms with E-state index in [1.807, 2.05) is 12.1 Å². The molecule has 1 spiro atoms. The Labute approximate surface area is 114 Å². The molecule has 3 rings (SSSR count). The zero-order chi connectivity index (χ0) is 13.1. The number of hydrogen-bond donors (Lipinski definition) is 0. The molecule has 0 aromatic heterocycles. The molecule has 2 aliphatic rings. The molecule has 4 heteroatoms. The molecule has 2 aliphatic heterocycles. The smallest absolute Gasteiger partial charge is 0.170 e. The second kappa shape index (κ2) is 5.39. The van der Waals surface area contributed by atoms with Gasteiger partial charge in [0.15, 0.2) is 5.79 Å². The van der Waals surface area contributed by atoms with E-state index in [2.05, 4.69) is 17.0 Å². The van der Waals surface area contributed by atoms with Crippen LogP contribution in [0.15, 0.2) is 24.3 Å². The van der Waals surface area contributed by atoms with Gasteiger partial charge in [-0.2, -0.15) is 0 Å². The highest BCUT2D eigenvalue weighted by Gasteiger charge is 2.37. The molecular weight excluding hydrogens is 242 g/mol. The lowest BCUT2D eigenvalue weighted by Gasteiger charge is -2.26. The van der Waals surface area contributed by atoms with Crippen LogP contribution >= 0.6 is 0 Å². The Morgan fingerprint density at radius 2 is 1.79 bits per heavy atom. The van der Waals surface area contributed by atoms with Crippen LogP contribution in [0.5, 0.6) is 5.75 Å². The van der Waals surface area contributed by atoms with Crippen LogP contribution in [0.2, 0.25) is 0 Å². The van der Waals surface area contributed by atoms with Crippen molar-refractivity contribution in [1.82, 2.24) is 0 Å². The first-order chi connectivity index (χ1) is 9.31. The first kappa shape index (κ1) is 12.8. The van der Waals surface area contributed by atoms with Crippen LogP contribution in [-0.2, 0) is 9.47 Å². The molecule has 0 aliphatic carbocycles. The molecule has 1 aromatic carbocycles. The van der Waals surface area contributed by atoms with Crippen LogP contribution in [0.25, 0.3) is 0 Å². The van der Waals surface area contributed by atoms with Gasteiger partial charge in [-0.25, -0.2) is 0 Å². The third-order valence-corrected chi connectivity index (χ3v) is 4.00. The fourth-order valence-corrected chi connectivity index (χ4v) is 2.92. The van der Waals surface area contributed by atoms with Crippen LogP contribution in [-0.4, -0.2) is 39.2 Å². The highest BCUT2D eigenvalue weighted by atomic mass is 16.7. The molecule has 0 unspecified atom stereocenters. The molecule has 0 N–H and O–H groups in total. The van der Waals surface area contributed by atoms with Crippen LogP contribution in [0.3, 0.4) is 0 Å². The average molecular weight is 263 g/mol. The minimum absolute atomic E-state index is 0.304. The van der Waals surface area contributed by atoms with Crippen molar-refractivity contribution in [2.45, 2.75) is 25.0 Å². The van der Waals surface area contributed by atoms with Gasteiger partial charge in [-0.05, 0) is 30.7 Å². The zero-order valence-corrected chi connectivity index (χ0v) is 11.4. The van der Waals surface area contributed by atoms with Gasteiger partial charge in [-0.1, -0.05) is 0 Å². The molecule has 2 heterocycles. The maximum Gasteiger partial charge on any atom is 0.170 e. The predicted molar refractivity (Wildman–Crippen MR) is 73.7 cm³/mol. The summed E-state index contributed by atoms with van der Waals surface area (Å²) in [6, 6.07) is 8.26. The highest BCUT2D eigenvalue weighted by molar-refractivity contribution is 5.49. The minimum atomic E-state index is -0.304. The van der Waals surface area contributed by atoms with Crippen LogP contribution < -0.4 is 9.64 Å². The van der Waals surface area contributed by atoms with Gasteiger partial charge in [0.25, 0.3) is 0 Å². The topological polar surface area (TPSA) is 30.9 Å². The van der Waals surface area contributed by atoms with Crippen LogP contribution in [0.4, 0.5) is 5.69 Å². The van der Waals surface area contributed by atoms with Crippen LogP contribution in [0, 0.1) is 0 Å². The number of anilines is 1. The Morgan fingerprint density at radius 1 is 1.05 bits per heavy atom. The highest BCUT2D eigenvalue weighted by Crippen LogP contribution is 2.33. The summed E-state index contributed by atoms with van der Waals surface area (Å²) in [4.78, 5) is 2.40. The molecule has 0 atom stereocenters. The third-order valence-electron chi connectivity index (χ3n) is 4.00. The quantitative estimate of drug-likeness (QED) is 0.820. The zero-order valence-electron chi connectivity index (χ0n) is 11.4. The van der Waals surface area contributed by atoms with Gasteiger partial charge in [-0.3, -0.25) is 0 Å². The number of rotatable bonds is 2. The van der Waals surface area contributed by atoms with E-state index in [-0.39, 0.29) is 5.79 Å². The predicted octanol–water partition coefficient (Wildman–Crippen LogP) is 2.43. The monoisotopic (exact) mass is 263 g/mol. The molecular formula is C15H21NO3. The van der Waals surface area contributed by atoms with E-state index in [9.17, 15) is 0 Å². The summed E-state index contributed by atoms with van der Waals surface area (Å²) in [5, 5.41) is 0. The van der Waals surface area contributed by atoms with E-state index < -0.39 is 0 Å². The van der Waals surface area contributed by atoms with Crippen molar-refractivity contribution in [3.63, 3.8) is 0 Å². The summed E-state index contributed by atoms with van der Waals surface area (Å²) in [5.74, 6) is 0.596. The SMILES string of the molecule is COc1ccc(N2CCCC3(CC2)OCCO3)cc1. The van der Waals surface area contributed by atoms with Gasteiger partial charge in [-0.15, -0.1) is 0 Å². The standard InChI is InChI=1S/C15H21NO3/c1-17-14-5-3-13(4-6-14)16-9-2-7-15(8-10-16)18-11-12-19-15/h3-6H,2,7-12H2,1H3. The normalized spacial score (nSPS) is 22.5. The molecule has 2 fully saturated rings. The lowest BCUT2D eigenvalue weighted by molar-refractivity contribution is -0.162. The van der Waals surface area contributed by atoms with E-state index in [1.165, 1.54) is 5.69 Å².